The summed E-state index contributed by atoms with van der Waals surface area (Å²) in [5, 5.41) is 0. The number of likely N-dealkylation sites (N-methyl/N-ethyl adjacent to an activating group) is 1. The molecular weight excluding hydrogens is 172 g/mol. The summed E-state index contributed by atoms with van der Waals surface area (Å²) in [7, 11) is 0. The molecule has 2 rings (SSSR count). The van der Waals surface area contributed by atoms with Crippen LogP contribution in [0.2, 0.25) is 0 Å². The molecule has 0 aromatic rings. The van der Waals surface area contributed by atoms with E-state index in [4.69, 9.17) is 5.73 Å². The molecule has 0 spiro atoms. The normalized spacial score (nSPS) is 26.8. The van der Waals surface area contributed by atoms with E-state index in [-0.39, 0.29) is 0 Å². The highest BCUT2D eigenvalue weighted by Gasteiger charge is 2.42. The van der Waals surface area contributed by atoms with Gasteiger partial charge in [0.15, 0.2) is 0 Å². The van der Waals surface area contributed by atoms with Crippen LogP contribution in [0, 0.1) is 0 Å². The molecule has 0 heterocycles. The number of rotatable bonds is 4. The number of hydrogen-bond acceptors (Lipinski definition) is 2. The van der Waals surface area contributed by atoms with Gasteiger partial charge in [0.2, 0.25) is 0 Å². The highest BCUT2D eigenvalue weighted by Crippen LogP contribution is 2.39. The van der Waals surface area contributed by atoms with E-state index in [1.165, 1.54) is 51.5 Å². The van der Waals surface area contributed by atoms with E-state index in [0.717, 1.165) is 12.6 Å². The zero-order chi connectivity index (χ0) is 10.0. The van der Waals surface area contributed by atoms with Crippen LogP contribution in [0.4, 0.5) is 0 Å². The first-order valence-electron chi connectivity index (χ1n) is 6.29. The predicted molar refractivity (Wildman–Crippen MR) is 60.3 cm³/mol. The summed E-state index contributed by atoms with van der Waals surface area (Å²) in [6.07, 6.45) is 9.71. The molecule has 0 radical (unpaired) electrons. The van der Waals surface area contributed by atoms with Crippen LogP contribution in [-0.4, -0.2) is 29.6 Å². The van der Waals surface area contributed by atoms with Gasteiger partial charge in [0.1, 0.15) is 0 Å². The van der Waals surface area contributed by atoms with E-state index in [1.54, 1.807) is 0 Å². The van der Waals surface area contributed by atoms with Crippen molar-refractivity contribution < 1.29 is 0 Å². The summed E-state index contributed by atoms with van der Waals surface area (Å²) >= 11 is 0. The van der Waals surface area contributed by atoms with Crippen LogP contribution in [0.15, 0.2) is 0 Å². The van der Waals surface area contributed by atoms with Crippen LogP contribution in [-0.2, 0) is 0 Å². The molecule has 0 aromatic carbocycles. The lowest BCUT2D eigenvalue weighted by atomic mass is 9.80. The van der Waals surface area contributed by atoms with Crippen LogP contribution in [0.5, 0.6) is 0 Å². The Morgan fingerprint density at radius 3 is 2.29 bits per heavy atom. The fourth-order valence-electron chi connectivity index (χ4n) is 3.19. The topological polar surface area (TPSA) is 29.3 Å². The number of hydrogen-bond donors (Lipinski definition) is 1. The van der Waals surface area contributed by atoms with Gasteiger partial charge in [-0.25, -0.2) is 0 Å². The lowest BCUT2D eigenvalue weighted by Gasteiger charge is -2.46. The minimum absolute atomic E-state index is 0.383. The minimum Gasteiger partial charge on any atom is -0.329 e. The average Bonchev–Trinajstić information content (AvgIpc) is 3.05. The maximum Gasteiger partial charge on any atom is 0.0334 e. The molecule has 2 saturated carbocycles. The summed E-state index contributed by atoms with van der Waals surface area (Å²) in [4.78, 5) is 2.71. The van der Waals surface area contributed by atoms with E-state index < -0.39 is 0 Å². The largest absolute Gasteiger partial charge is 0.329 e. The molecule has 14 heavy (non-hydrogen) atoms. The van der Waals surface area contributed by atoms with E-state index >= 15 is 0 Å². The van der Waals surface area contributed by atoms with Gasteiger partial charge in [0.25, 0.3) is 0 Å². The first kappa shape index (κ1) is 10.4. The Hall–Kier alpha value is -0.0800. The minimum atomic E-state index is 0.383. The fraction of sp³-hybridized carbons (Fsp3) is 1.00. The third kappa shape index (κ3) is 1.82. The fourth-order valence-corrected chi connectivity index (χ4v) is 3.19. The van der Waals surface area contributed by atoms with Gasteiger partial charge in [-0.1, -0.05) is 26.2 Å². The Kier molecular flexibility index (Phi) is 3.13. The quantitative estimate of drug-likeness (QED) is 0.746. The first-order chi connectivity index (χ1) is 6.82. The van der Waals surface area contributed by atoms with Crippen molar-refractivity contribution in [2.24, 2.45) is 5.73 Å². The van der Waals surface area contributed by atoms with E-state index in [0.29, 0.717) is 5.54 Å². The number of nitrogens with two attached hydrogens (primary N) is 1. The molecule has 0 bridgehead atoms. The van der Waals surface area contributed by atoms with Crippen molar-refractivity contribution >= 4 is 0 Å². The van der Waals surface area contributed by atoms with Crippen molar-refractivity contribution in [3.05, 3.63) is 0 Å². The van der Waals surface area contributed by atoms with Crippen molar-refractivity contribution in [2.75, 3.05) is 13.1 Å². The highest BCUT2D eigenvalue weighted by molar-refractivity contribution is 5.00. The van der Waals surface area contributed by atoms with Crippen LogP contribution >= 0.6 is 0 Å². The maximum atomic E-state index is 6.04. The molecule has 2 aliphatic carbocycles. The molecule has 82 valence electrons. The van der Waals surface area contributed by atoms with Crippen LogP contribution in [0.25, 0.3) is 0 Å². The first-order valence-corrected chi connectivity index (χ1v) is 6.29. The predicted octanol–water partition coefficient (Wildman–Crippen LogP) is 2.13. The van der Waals surface area contributed by atoms with E-state index in [2.05, 4.69) is 11.8 Å². The molecule has 2 nitrogen and oxygen atoms in total. The Balaban J connectivity index is 2.06. The summed E-state index contributed by atoms with van der Waals surface area (Å²) < 4.78 is 0. The second kappa shape index (κ2) is 4.19. The molecule has 2 heteroatoms. The maximum absolute atomic E-state index is 6.04. The molecule has 0 unspecified atom stereocenters. The molecule has 0 saturated heterocycles. The second-order valence-corrected chi connectivity index (χ2v) is 5.01. The van der Waals surface area contributed by atoms with E-state index in [9.17, 15) is 0 Å². The van der Waals surface area contributed by atoms with Crippen molar-refractivity contribution in [1.29, 1.82) is 0 Å². The van der Waals surface area contributed by atoms with Gasteiger partial charge in [-0.3, -0.25) is 4.90 Å². The SMILES string of the molecule is CCN(C1CC1)C1(CN)CCCCC1. The molecule has 2 fully saturated rings. The third-order valence-electron chi connectivity index (χ3n) is 4.10. The zero-order valence-electron chi connectivity index (χ0n) is 9.47. The molecule has 0 amide bonds. The Morgan fingerprint density at radius 1 is 1.21 bits per heavy atom. The van der Waals surface area contributed by atoms with Gasteiger partial charge < -0.3 is 5.73 Å². The van der Waals surface area contributed by atoms with Gasteiger partial charge in [0.05, 0.1) is 0 Å². The number of nitrogens with zero attached hydrogens (tertiary/aromatic N) is 1. The lowest BCUT2D eigenvalue weighted by molar-refractivity contribution is 0.0543. The molecular formula is C12H24N2. The third-order valence-corrected chi connectivity index (χ3v) is 4.10. The molecule has 0 atom stereocenters. The molecule has 0 aromatic heterocycles. The summed E-state index contributed by atoms with van der Waals surface area (Å²) in [6.45, 7) is 4.36. The van der Waals surface area contributed by atoms with Crippen molar-refractivity contribution in [3.63, 3.8) is 0 Å². The Bertz CT molecular complexity index is 181. The van der Waals surface area contributed by atoms with Gasteiger partial charge in [-0.2, -0.15) is 0 Å². The summed E-state index contributed by atoms with van der Waals surface area (Å²) in [5.41, 5.74) is 6.42. The lowest BCUT2D eigenvalue weighted by Crippen LogP contribution is -2.55. The molecule has 0 aliphatic heterocycles. The highest BCUT2D eigenvalue weighted by atomic mass is 15.3. The van der Waals surface area contributed by atoms with Crippen molar-refractivity contribution in [1.82, 2.24) is 4.90 Å². The Morgan fingerprint density at radius 2 is 1.86 bits per heavy atom. The zero-order valence-corrected chi connectivity index (χ0v) is 9.47. The van der Waals surface area contributed by atoms with Gasteiger partial charge in [-0.15, -0.1) is 0 Å². The van der Waals surface area contributed by atoms with Crippen molar-refractivity contribution in [2.45, 2.75) is 63.5 Å². The monoisotopic (exact) mass is 196 g/mol. The summed E-state index contributed by atoms with van der Waals surface area (Å²) in [5.74, 6) is 0. The standard InChI is InChI=1S/C12H24N2/c1-2-14(11-6-7-11)12(10-13)8-4-3-5-9-12/h11H,2-10,13H2,1H3. The van der Waals surface area contributed by atoms with Gasteiger partial charge in [0, 0.05) is 18.1 Å². The van der Waals surface area contributed by atoms with Gasteiger partial charge >= 0.3 is 0 Å². The van der Waals surface area contributed by atoms with E-state index in [1.807, 2.05) is 0 Å². The Labute approximate surface area is 87.8 Å². The average molecular weight is 196 g/mol. The van der Waals surface area contributed by atoms with Crippen molar-refractivity contribution in [3.8, 4) is 0 Å². The smallest absolute Gasteiger partial charge is 0.0334 e. The van der Waals surface area contributed by atoms with Crippen LogP contribution < -0.4 is 5.73 Å². The molecule has 2 N–H and O–H groups in total. The second-order valence-electron chi connectivity index (χ2n) is 5.01. The van der Waals surface area contributed by atoms with Gasteiger partial charge in [-0.05, 0) is 32.2 Å². The van der Waals surface area contributed by atoms with Crippen LogP contribution in [0.1, 0.15) is 51.9 Å². The molecule has 2 aliphatic rings. The summed E-state index contributed by atoms with van der Waals surface area (Å²) in [6, 6.07) is 0.877. The van der Waals surface area contributed by atoms with Crippen LogP contribution in [0.3, 0.4) is 0 Å².